The molecule has 0 unspecified atom stereocenters. The second-order valence-electron chi connectivity index (χ2n) is 8.21. The third-order valence-corrected chi connectivity index (χ3v) is 5.81. The molecule has 0 spiro atoms. The van der Waals surface area contributed by atoms with Gasteiger partial charge in [0.2, 0.25) is 5.88 Å². The molecule has 3 heterocycles. The molecule has 0 amide bonds. The van der Waals surface area contributed by atoms with Crippen molar-refractivity contribution in [2.24, 2.45) is 5.73 Å². The lowest BCUT2D eigenvalue weighted by Crippen LogP contribution is -2.03. The molecule has 0 atom stereocenters. The maximum atomic E-state index is 5.98. The molecule has 0 aliphatic heterocycles. The highest BCUT2D eigenvalue weighted by Crippen LogP contribution is 2.32. The summed E-state index contributed by atoms with van der Waals surface area (Å²) in [5, 5.41) is 0. The van der Waals surface area contributed by atoms with Crippen molar-refractivity contribution in [1.29, 1.82) is 0 Å². The van der Waals surface area contributed by atoms with E-state index in [0.29, 0.717) is 19.0 Å². The number of nitrogens with two attached hydrogens (primary N) is 1. The molecule has 0 saturated carbocycles. The first kappa shape index (κ1) is 22.5. The van der Waals surface area contributed by atoms with E-state index in [4.69, 9.17) is 24.9 Å². The number of aryl methyl sites for hydroxylation is 1. The fraction of sp³-hybridized carbons (Fsp3) is 0.138. The molecule has 5 aromatic rings. The van der Waals surface area contributed by atoms with E-state index in [1.807, 2.05) is 42.6 Å². The van der Waals surface area contributed by atoms with Gasteiger partial charge < -0.3 is 14.9 Å². The average Bonchev–Trinajstić information content (AvgIpc) is 3.47. The Bertz CT molecular complexity index is 1350. The Labute approximate surface area is 204 Å². The molecular formula is C29H26N4O2. The topological polar surface area (TPSA) is 87.1 Å². The van der Waals surface area contributed by atoms with E-state index >= 15 is 0 Å². The van der Waals surface area contributed by atoms with Gasteiger partial charge in [0.15, 0.2) is 0 Å². The average molecular weight is 463 g/mol. The Balaban J connectivity index is 1.40. The summed E-state index contributed by atoms with van der Waals surface area (Å²) in [6.45, 7) is 1.05. The van der Waals surface area contributed by atoms with Crippen LogP contribution in [-0.2, 0) is 13.0 Å². The smallest absolute Gasteiger partial charge is 0.232 e. The molecule has 174 valence electrons. The molecule has 0 aliphatic rings. The van der Waals surface area contributed by atoms with E-state index in [-0.39, 0.29) is 0 Å². The zero-order valence-electron chi connectivity index (χ0n) is 19.3. The third-order valence-electron chi connectivity index (χ3n) is 5.81. The van der Waals surface area contributed by atoms with Crippen LogP contribution in [0.5, 0.6) is 5.88 Å². The standard InChI is InChI=1S/C29H26N4O2/c30-17-21-5-7-24(8-6-21)28-29(25-11-9-23(10-12-25)26-13-16-34-20-26)33-27(19-32-28)35-15-2-4-22-3-1-14-31-18-22/h1,3,5-14,16,18-20H,2,4,15,17,30H2. The van der Waals surface area contributed by atoms with Gasteiger partial charge in [0.25, 0.3) is 0 Å². The first-order chi connectivity index (χ1) is 17.3. The van der Waals surface area contributed by atoms with Crippen LogP contribution in [0.25, 0.3) is 33.6 Å². The molecule has 3 aromatic heterocycles. The number of benzene rings is 2. The van der Waals surface area contributed by atoms with E-state index in [1.54, 1.807) is 24.9 Å². The van der Waals surface area contributed by atoms with Crippen LogP contribution >= 0.6 is 0 Å². The minimum absolute atomic E-state index is 0.500. The number of rotatable bonds is 9. The van der Waals surface area contributed by atoms with E-state index in [0.717, 1.165) is 52.0 Å². The maximum Gasteiger partial charge on any atom is 0.232 e. The third kappa shape index (κ3) is 5.45. The van der Waals surface area contributed by atoms with Gasteiger partial charge in [0, 0.05) is 35.6 Å². The van der Waals surface area contributed by atoms with Crippen molar-refractivity contribution in [3.63, 3.8) is 0 Å². The van der Waals surface area contributed by atoms with Gasteiger partial charge in [-0.05, 0) is 41.7 Å². The first-order valence-corrected chi connectivity index (χ1v) is 11.6. The molecule has 0 aliphatic carbocycles. The Morgan fingerprint density at radius 3 is 2.26 bits per heavy atom. The van der Waals surface area contributed by atoms with E-state index < -0.39 is 0 Å². The van der Waals surface area contributed by atoms with E-state index in [9.17, 15) is 0 Å². The summed E-state index contributed by atoms with van der Waals surface area (Å²) in [4.78, 5) is 13.8. The number of hydrogen-bond donors (Lipinski definition) is 1. The highest BCUT2D eigenvalue weighted by atomic mass is 16.5. The summed E-state index contributed by atoms with van der Waals surface area (Å²) in [6.07, 6.45) is 10.5. The van der Waals surface area contributed by atoms with E-state index in [2.05, 4.69) is 35.3 Å². The maximum absolute atomic E-state index is 5.98. The summed E-state index contributed by atoms with van der Waals surface area (Å²) in [7, 11) is 0. The van der Waals surface area contributed by atoms with Gasteiger partial charge in [-0.3, -0.25) is 4.98 Å². The lowest BCUT2D eigenvalue weighted by atomic mass is 10.0. The highest BCUT2D eigenvalue weighted by Gasteiger charge is 2.14. The predicted molar refractivity (Wildman–Crippen MR) is 137 cm³/mol. The number of ether oxygens (including phenoxy) is 1. The second-order valence-corrected chi connectivity index (χ2v) is 8.21. The van der Waals surface area contributed by atoms with Gasteiger partial charge in [-0.2, -0.15) is 0 Å². The molecule has 6 nitrogen and oxygen atoms in total. The molecule has 0 saturated heterocycles. The number of aromatic nitrogens is 3. The van der Waals surface area contributed by atoms with E-state index in [1.165, 1.54) is 5.56 Å². The lowest BCUT2D eigenvalue weighted by Gasteiger charge is -2.12. The van der Waals surface area contributed by atoms with Crippen molar-refractivity contribution < 1.29 is 9.15 Å². The summed E-state index contributed by atoms with van der Waals surface area (Å²) in [5.41, 5.74) is 13.7. The summed E-state index contributed by atoms with van der Waals surface area (Å²) in [5.74, 6) is 0.507. The van der Waals surface area contributed by atoms with Gasteiger partial charge in [-0.1, -0.05) is 54.6 Å². The van der Waals surface area contributed by atoms with Crippen molar-refractivity contribution in [2.75, 3.05) is 6.61 Å². The summed E-state index contributed by atoms with van der Waals surface area (Å²) >= 11 is 0. The molecule has 0 radical (unpaired) electrons. The van der Waals surface area contributed by atoms with Gasteiger partial charge in [0.05, 0.1) is 31.0 Å². The van der Waals surface area contributed by atoms with Crippen molar-refractivity contribution >= 4 is 0 Å². The minimum Gasteiger partial charge on any atom is -0.477 e. The Morgan fingerprint density at radius 2 is 1.54 bits per heavy atom. The number of furan rings is 1. The van der Waals surface area contributed by atoms with Crippen molar-refractivity contribution in [1.82, 2.24) is 15.0 Å². The van der Waals surface area contributed by atoms with Gasteiger partial charge in [-0.15, -0.1) is 0 Å². The largest absolute Gasteiger partial charge is 0.477 e. The zero-order valence-corrected chi connectivity index (χ0v) is 19.3. The van der Waals surface area contributed by atoms with Crippen LogP contribution in [0.2, 0.25) is 0 Å². The van der Waals surface area contributed by atoms with Crippen molar-refractivity contribution in [2.45, 2.75) is 19.4 Å². The fourth-order valence-corrected chi connectivity index (χ4v) is 3.90. The second kappa shape index (κ2) is 10.8. The van der Waals surface area contributed by atoms with Crippen LogP contribution in [0, 0.1) is 0 Å². The molecule has 0 fully saturated rings. The van der Waals surface area contributed by atoms with Gasteiger partial charge in [0.1, 0.15) is 5.69 Å². The SMILES string of the molecule is NCc1ccc(-c2ncc(OCCCc3cccnc3)nc2-c2ccc(-c3ccoc3)cc2)cc1. The van der Waals surface area contributed by atoms with Crippen molar-refractivity contribution in [3.05, 3.63) is 109 Å². The lowest BCUT2D eigenvalue weighted by molar-refractivity contribution is 0.298. The quantitative estimate of drug-likeness (QED) is 0.273. The van der Waals surface area contributed by atoms with Crippen LogP contribution in [0.15, 0.2) is 102 Å². The molecule has 2 aromatic carbocycles. The van der Waals surface area contributed by atoms with Gasteiger partial charge >= 0.3 is 0 Å². The molecular weight excluding hydrogens is 436 g/mol. The highest BCUT2D eigenvalue weighted by molar-refractivity contribution is 5.79. The zero-order chi connectivity index (χ0) is 23.9. The van der Waals surface area contributed by atoms with Crippen LogP contribution < -0.4 is 10.5 Å². The summed E-state index contributed by atoms with van der Waals surface area (Å²) in [6, 6.07) is 22.3. The molecule has 6 heteroatoms. The predicted octanol–water partition coefficient (Wildman–Crippen LogP) is 5.94. The number of pyridine rings is 1. The Kier molecular flexibility index (Phi) is 6.92. The molecule has 5 rings (SSSR count). The first-order valence-electron chi connectivity index (χ1n) is 11.6. The minimum atomic E-state index is 0.500. The van der Waals surface area contributed by atoms with Crippen LogP contribution in [-0.4, -0.2) is 21.6 Å². The van der Waals surface area contributed by atoms with Crippen molar-refractivity contribution in [3.8, 4) is 39.5 Å². The molecule has 0 bridgehead atoms. The van der Waals surface area contributed by atoms with Crippen LogP contribution in [0.3, 0.4) is 0 Å². The summed E-state index contributed by atoms with van der Waals surface area (Å²) < 4.78 is 11.2. The van der Waals surface area contributed by atoms with Gasteiger partial charge in [-0.25, -0.2) is 9.97 Å². The Morgan fingerprint density at radius 1 is 0.771 bits per heavy atom. The van der Waals surface area contributed by atoms with Crippen LogP contribution in [0.1, 0.15) is 17.5 Å². The monoisotopic (exact) mass is 462 g/mol. The normalized spacial score (nSPS) is 10.9. The Hall–Kier alpha value is -4.29. The molecule has 35 heavy (non-hydrogen) atoms. The number of nitrogens with zero attached hydrogens (tertiary/aromatic N) is 3. The fourth-order valence-electron chi connectivity index (χ4n) is 3.90. The number of hydrogen-bond acceptors (Lipinski definition) is 6. The molecule has 2 N–H and O–H groups in total. The van der Waals surface area contributed by atoms with Crippen LogP contribution in [0.4, 0.5) is 0 Å².